The highest BCUT2D eigenvalue weighted by Crippen LogP contribution is 2.42. The van der Waals surface area contributed by atoms with Gasteiger partial charge >= 0.3 is 0 Å². The first-order chi connectivity index (χ1) is 18.8. The van der Waals surface area contributed by atoms with Gasteiger partial charge in [-0.05, 0) is 49.6 Å². The largest absolute Gasteiger partial charge is 0.376 e. The van der Waals surface area contributed by atoms with E-state index in [4.69, 9.17) is 22.1 Å². The fourth-order valence-corrected chi connectivity index (χ4v) is 6.62. The van der Waals surface area contributed by atoms with Crippen LogP contribution in [-0.2, 0) is 11.3 Å². The van der Waals surface area contributed by atoms with Crippen LogP contribution >= 0.6 is 23.4 Å². The molecule has 1 spiro atoms. The number of aromatic nitrogens is 4. The van der Waals surface area contributed by atoms with Gasteiger partial charge in [0.15, 0.2) is 0 Å². The fourth-order valence-electron chi connectivity index (χ4n) is 5.50. The Labute approximate surface area is 234 Å². The van der Waals surface area contributed by atoms with Crippen molar-refractivity contribution in [3.63, 3.8) is 0 Å². The van der Waals surface area contributed by atoms with Gasteiger partial charge in [-0.25, -0.2) is 19.3 Å². The third-order valence-corrected chi connectivity index (χ3v) is 9.38. The van der Waals surface area contributed by atoms with Crippen LogP contribution in [0.2, 0.25) is 5.02 Å². The van der Waals surface area contributed by atoms with Crippen LogP contribution in [0.25, 0.3) is 10.9 Å². The minimum absolute atomic E-state index is 0.0523. The number of hydrogen-bond donors (Lipinski definition) is 1. The molecule has 2 fully saturated rings. The van der Waals surface area contributed by atoms with Crippen LogP contribution in [0.15, 0.2) is 69.8 Å². The molecule has 0 unspecified atom stereocenters. The van der Waals surface area contributed by atoms with Crippen LogP contribution < -0.4 is 16.2 Å². The third-order valence-electron chi connectivity index (χ3n) is 7.90. The molecule has 11 heteroatoms. The Morgan fingerprint density at radius 1 is 1.18 bits per heavy atom. The number of benzene rings is 2. The predicted molar refractivity (Wildman–Crippen MR) is 150 cm³/mol. The number of halogens is 2. The Morgan fingerprint density at radius 2 is 2.00 bits per heavy atom. The van der Waals surface area contributed by atoms with Crippen molar-refractivity contribution in [2.45, 2.75) is 48.4 Å². The van der Waals surface area contributed by atoms with Gasteiger partial charge in [-0.1, -0.05) is 35.5 Å². The molecule has 0 aliphatic carbocycles. The van der Waals surface area contributed by atoms with Crippen LogP contribution in [0, 0.1) is 11.2 Å². The molecule has 0 amide bonds. The molecule has 0 radical (unpaired) electrons. The number of nitrogens with two attached hydrogens (primary N) is 1. The number of anilines is 1. The van der Waals surface area contributed by atoms with E-state index in [0.29, 0.717) is 31.4 Å². The summed E-state index contributed by atoms with van der Waals surface area (Å²) in [6, 6.07) is 9.79. The lowest BCUT2D eigenvalue weighted by Crippen LogP contribution is -2.50. The van der Waals surface area contributed by atoms with Gasteiger partial charge in [-0.2, -0.15) is 0 Å². The van der Waals surface area contributed by atoms with E-state index in [1.54, 1.807) is 30.6 Å². The maximum absolute atomic E-state index is 13.6. The van der Waals surface area contributed by atoms with Gasteiger partial charge in [0.25, 0.3) is 5.56 Å². The van der Waals surface area contributed by atoms with Gasteiger partial charge in [-0.3, -0.25) is 9.36 Å². The van der Waals surface area contributed by atoms with E-state index >= 15 is 0 Å². The number of fused-ring (bicyclic) bond motifs is 1. The van der Waals surface area contributed by atoms with E-state index < -0.39 is 0 Å². The Kier molecular flexibility index (Phi) is 7.05. The van der Waals surface area contributed by atoms with Gasteiger partial charge in [0.2, 0.25) is 0 Å². The van der Waals surface area contributed by atoms with Crippen LogP contribution in [0.1, 0.15) is 25.3 Å². The molecule has 8 nitrogen and oxygen atoms in total. The average molecular weight is 567 g/mol. The zero-order valence-corrected chi connectivity index (χ0v) is 23.0. The molecule has 2 atom stereocenters. The van der Waals surface area contributed by atoms with Crippen molar-refractivity contribution >= 4 is 40.1 Å². The Hall–Kier alpha value is -3.05. The molecule has 0 saturated carbocycles. The van der Waals surface area contributed by atoms with Crippen molar-refractivity contribution in [2.75, 3.05) is 24.6 Å². The molecule has 2 saturated heterocycles. The zero-order chi connectivity index (χ0) is 27.1. The second kappa shape index (κ2) is 10.5. The number of hydrogen-bond acceptors (Lipinski definition) is 8. The molecule has 4 aromatic rings. The van der Waals surface area contributed by atoms with Crippen LogP contribution in [0.5, 0.6) is 0 Å². The van der Waals surface area contributed by atoms with Gasteiger partial charge in [0.05, 0.1) is 53.9 Å². The van der Waals surface area contributed by atoms with Crippen molar-refractivity contribution in [3.8, 4) is 0 Å². The highest BCUT2D eigenvalue weighted by molar-refractivity contribution is 7.99. The van der Waals surface area contributed by atoms with Crippen LogP contribution in [0.4, 0.5) is 10.2 Å². The smallest absolute Gasteiger partial charge is 0.263 e. The molecule has 202 valence electrons. The molecular weight excluding hydrogens is 539 g/mol. The summed E-state index contributed by atoms with van der Waals surface area (Å²) in [7, 11) is 0. The van der Waals surface area contributed by atoms with Gasteiger partial charge in [0.1, 0.15) is 16.7 Å². The van der Waals surface area contributed by atoms with Crippen molar-refractivity contribution < 1.29 is 9.13 Å². The summed E-state index contributed by atoms with van der Waals surface area (Å²) in [6.45, 7) is 4.68. The molecule has 0 bridgehead atoms. The maximum Gasteiger partial charge on any atom is 0.263 e. The summed E-state index contributed by atoms with van der Waals surface area (Å²) in [5, 5.41) is 1.29. The zero-order valence-electron chi connectivity index (χ0n) is 21.4. The van der Waals surface area contributed by atoms with E-state index in [0.717, 1.165) is 38.4 Å². The lowest BCUT2D eigenvalue weighted by atomic mass is 9.73. The van der Waals surface area contributed by atoms with E-state index in [1.807, 2.05) is 6.07 Å². The van der Waals surface area contributed by atoms with Crippen molar-refractivity contribution in [1.82, 2.24) is 19.5 Å². The highest BCUT2D eigenvalue weighted by Gasteiger charge is 2.47. The minimum atomic E-state index is -0.357. The van der Waals surface area contributed by atoms with Crippen LogP contribution in [0.3, 0.4) is 0 Å². The topological polar surface area (TPSA) is 99.2 Å². The van der Waals surface area contributed by atoms with Crippen molar-refractivity contribution in [1.29, 1.82) is 0 Å². The first kappa shape index (κ1) is 26.2. The fraction of sp³-hybridized carbons (Fsp3) is 0.357. The number of piperidine rings is 1. The second-order valence-electron chi connectivity index (χ2n) is 10.3. The number of nitrogens with zero attached hydrogens (tertiary/aromatic N) is 5. The molecule has 2 aromatic heterocycles. The minimum Gasteiger partial charge on any atom is -0.376 e. The summed E-state index contributed by atoms with van der Waals surface area (Å²) in [5.41, 5.74) is 7.37. The lowest BCUT2D eigenvalue weighted by molar-refractivity contribution is 0.0974. The van der Waals surface area contributed by atoms with E-state index in [-0.39, 0.29) is 35.5 Å². The summed E-state index contributed by atoms with van der Waals surface area (Å²) >= 11 is 8.06. The van der Waals surface area contributed by atoms with E-state index in [2.05, 4.69) is 26.8 Å². The maximum atomic E-state index is 13.6. The molecule has 2 aliphatic heterocycles. The SMILES string of the molecule is C[C@@H]1OCC2(CCN(c3cnc(Sc4ccc5ncn(Cc6cccc(F)c6)c(=O)c5c4Cl)cn3)CC2)[C@@H]1N. The lowest BCUT2D eigenvalue weighted by Gasteiger charge is -2.41. The van der Waals surface area contributed by atoms with Gasteiger partial charge in [0, 0.05) is 29.4 Å². The monoisotopic (exact) mass is 566 g/mol. The summed E-state index contributed by atoms with van der Waals surface area (Å²) in [5.74, 6) is 0.466. The first-order valence-electron chi connectivity index (χ1n) is 12.9. The normalized spacial score (nSPS) is 20.7. The molecule has 2 N–H and O–H groups in total. The Morgan fingerprint density at radius 3 is 2.69 bits per heavy atom. The second-order valence-corrected chi connectivity index (χ2v) is 11.7. The quantitative estimate of drug-likeness (QED) is 0.377. The van der Waals surface area contributed by atoms with Crippen LogP contribution in [-0.4, -0.2) is 51.4 Å². The highest BCUT2D eigenvalue weighted by atomic mass is 35.5. The molecule has 4 heterocycles. The standard InChI is InChI=1S/C28H28ClFN6O2S/c1-17-26(31)28(15-38-17)7-9-35(10-8-28)22-12-33-23(13-32-22)39-21-6-5-20-24(25(21)29)27(37)36(16-34-20)14-18-3-2-4-19(30)11-18/h2-6,11-13,16-17,26H,7-10,14-15,31H2,1H3/t17-,26+/m0/s1. The molecule has 2 aliphatic rings. The van der Waals surface area contributed by atoms with Crippen molar-refractivity contribution in [2.24, 2.45) is 11.1 Å². The van der Waals surface area contributed by atoms with Gasteiger partial charge in [-0.15, -0.1) is 0 Å². The molecular formula is C28H28ClFN6O2S. The third kappa shape index (κ3) is 5.02. The Bertz CT molecular complexity index is 1580. The average Bonchev–Trinajstić information content (AvgIpc) is 3.21. The summed E-state index contributed by atoms with van der Waals surface area (Å²) in [4.78, 5) is 29.8. The van der Waals surface area contributed by atoms with Gasteiger partial charge < -0.3 is 15.4 Å². The summed E-state index contributed by atoms with van der Waals surface area (Å²) < 4.78 is 20.9. The summed E-state index contributed by atoms with van der Waals surface area (Å²) in [6.07, 6.45) is 6.99. The van der Waals surface area contributed by atoms with E-state index in [9.17, 15) is 9.18 Å². The number of rotatable bonds is 5. The molecule has 6 rings (SSSR count). The number of ether oxygens (including phenoxy) is 1. The first-order valence-corrected chi connectivity index (χ1v) is 14.1. The molecule has 39 heavy (non-hydrogen) atoms. The van der Waals surface area contributed by atoms with Crippen molar-refractivity contribution in [3.05, 3.63) is 81.9 Å². The Balaban J connectivity index is 1.18. The van der Waals surface area contributed by atoms with E-state index in [1.165, 1.54) is 34.8 Å². The predicted octanol–water partition coefficient (Wildman–Crippen LogP) is 4.51. The molecule has 2 aromatic carbocycles.